The first-order valence-electron chi connectivity index (χ1n) is 6.94. The van der Waals surface area contributed by atoms with Crippen LogP contribution in [0.3, 0.4) is 0 Å². The highest BCUT2D eigenvalue weighted by Crippen LogP contribution is 2.28. The van der Waals surface area contributed by atoms with E-state index >= 15 is 0 Å². The molecule has 0 unspecified atom stereocenters. The van der Waals surface area contributed by atoms with Crippen molar-refractivity contribution in [1.82, 2.24) is 0 Å². The van der Waals surface area contributed by atoms with Crippen LogP contribution in [0.1, 0.15) is 19.8 Å². The van der Waals surface area contributed by atoms with Crippen molar-refractivity contribution in [2.45, 2.75) is 30.8 Å². The maximum Gasteiger partial charge on any atom is 0.293 e. The summed E-state index contributed by atoms with van der Waals surface area (Å²) in [5.74, 6) is 0.527. The van der Waals surface area contributed by atoms with Gasteiger partial charge in [-0.1, -0.05) is 6.92 Å². The SMILES string of the molecule is C[C@H]1CC[C@H](CNc2ccc(S(N)(=O)=O)cc2[N+](=O)[O-])OC1. The normalized spacial score (nSPS) is 22.3. The topological polar surface area (TPSA) is 125 Å². The summed E-state index contributed by atoms with van der Waals surface area (Å²) in [4.78, 5) is 10.2. The predicted octanol–water partition coefficient (Wildman–Crippen LogP) is 1.47. The van der Waals surface area contributed by atoms with Gasteiger partial charge in [0, 0.05) is 19.2 Å². The monoisotopic (exact) mass is 329 g/mol. The molecular weight excluding hydrogens is 310 g/mol. The number of anilines is 1. The van der Waals surface area contributed by atoms with E-state index in [0.29, 0.717) is 19.1 Å². The maximum atomic E-state index is 11.3. The number of sulfonamides is 1. The zero-order valence-electron chi connectivity index (χ0n) is 12.2. The lowest BCUT2D eigenvalue weighted by atomic mass is 10.0. The Bertz CT molecular complexity index is 654. The van der Waals surface area contributed by atoms with Gasteiger partial charge in [0.1, 0.15) is 5.69 Å². The molecule has 1 saturated heterocycles. The molecule has 8 nitrogen and oxygen atoms in total. The summed E-state index contributed by atoms with van der Waals surface area (Å²) in [7, 11) is -3.97. The fourth-order valence-electron chi connectivity index (χ4n) is 2.31. The number of nitrogens with zero attached hydrogens (tertiary/aromatic N) is 1. The number of nitro groups is 1. The van der Waals surface area contributed by atoms with Gasteiger partial charge in [0.05, 0.1) is 15.9 Å². The fraction of sp³-hybridized carbons (Fsp3) is 0.538. The van der Waals surface area contributed by atoms with Crippen LogP contribution in [0.15, 0.2) is 23.1 Å². The number of nitro benzene ring substituents is 1. The first kappa shape index (κ1) is 16.7. The van der Waals surface area contributed by atoms with Gasteiger partial charge >= 0.3 is 0 Å². The highest BCUT2D eigenvalue weighted by atomic mass is 32.2. The van der Waals surface area contributed by atoms with Crippen LogP contribution in [0.2, 0.25) is 0 Å². The molecule has 0 aliphatic carbocycles. The summed E-state index contributed by atoms with van der Waals surface area (Å²) in [5.41, 5.74) is -0.0738. The molecule has 3 N–H and O–H groups in total. The van der Waals surface area contributed by atoms with Crippen molar-refractivity contribution >= 4 is 21.4 Å². The second-order valence-corrected chi connectivity index (χ2v) is 7.06. The van der Waals surface area contributed by atoms with Crippen LogP contribution in [0.25, 0.3) is 0 Å². The van der Waals surface area contributed by atoms with E-state index in [1.54, 1.807) is 0 Å². The van der Waals surface area contributed by atoms with E-state index in [9.17, 15) is 18.5 Å². The lowest BCUT2D eigenvalue weighted by Crippen LogP contribution is -2.30. The summed E-state index contributed by atoms with van der Waals surface area (Å²) in [6.45, 7) is 3.22. The molecule has 0 aromatic heterocycles. The van der Waals surface area contributed by atoms with Crippen molar-refractivity contribution in [3.05, 3.63) is 28.3 Å². The average molecular weight is 329 g/mol. The highest BCUT2D eigenvalue weighted by molar-refractivity contribution is 7.89. The Kier molecular flexibility index (Phi) is 4.99. The van der Waals surface area contributed by atoms with Gasteiger partial charge in [0.25, 0.3) is 5.69 Å². The van der Waals surface area contributed by atoms with Crippen molar-refractivity contribution in [3.8, 4) is 0 Å². The standard InChI is InChI=1S/C13H19N3O5S/c1-9-2-3-10(21-8-9)7-15-12-5-4-11(22(14,19)20)6-13(12)16(17)18/h4-6,9-10,15H,2-3,7-8H2,1H3,(H2,14,19,20)/t9-,10+/m0/s1. The Balaban J connectivity index is 2.12. The number of rotatable bonds is 5. The summed E-state index contributed by atoms with van der Waals surface area (Å²) < 4.78 is 28.2. The summed E-state index contributed by atoms with van der Waals surface area (Å²) in [5, 5.41) is 19.0. The molecule has 22 heavy (non-hydrogen) atoms. The first-order chi connectivity index (χ1) is 10.3. The Morgan fingerprint density at radius 2 is 2.18 bits per heavy atom. The second-order valence-electron chi connectivity index (χ2n) is 5.50. The van der Waals surface area contributed by atoms with Crippen LogP contribution in [0, 0.1) is 16.0 Å². The molecule has 0 radical (unpaired) electrons. The van der Waals surface area contributed by atoms with Crippen LogP contribution in [0.5, 0.6) is 0 Å². The third-order valence-corrected chi connectivity index (χ3v) is 4.52. The molecule has 1 aliphatic heterocycles. The van der Waals surface area contributed by atoms with Crippen molar-refractivity contribution in [2.75, 3.05) is 18.5 Å². The van der Waals surface area contributed by atoms with Gasteiger partial charge in [-0.15, -0.1) is 0 Å². The number of primary sulfonamides is 1. The Morgan fingerprint density at radius 3 is 2.73 bits per heavy atom. The van der Waals surface area contributed by atoms with E-state index in [2.05, 4.69) is 12.2 Å². The van der Waals surface area contributed by atoms with Crippen molar-refractivity contribution in [2.24, 2.45) is 11.1 Å². The summed E-state index contributed by atoms with van der Waals surface area (Å²) >= 11 is 0. The van der Waals surface area contributed by atoms with E-state index in [1.165, 1.54) is 12.1 Å². The van der Waals surface area contributed by atoms with E-state index in [-0.39, 0.29) is 22.4 Å². The minimum absolute atomic E-state index is 0.00581. The third kappa shape index (κ3) is 4.15. The van der Waals surface area contributed by atoms with Crippen molar-refractivity contribution < 1.29 is 18.1 Å². The van der Waals surface area contributed by atoms with Crippen molar-refractivity contribution in [1.29, 1.82) is 0 Å². The average Bonchev–Trinajstić information content (AvgIpc) is 2.45. The van der Waals surface area contributed by atoms with Gasteiger partial charge in [-0.3, -0.25) is 10.1 Å². The molecular formula is C13H19N3O5S. The van der Waals surface area contributed by atoms with Crippen LogP contribution in [0.4, 0.5) is 11.4 Å². The quantitative estimate of drug-likeness (QED) is 0.622. The zero-order valence-corrected chi connectivity index (χ0v) is 13.0. The smallest absolute Gasteiger partial charge is 0.293 e. The molecule has 122 valence electrons. The largest absolute Gasteiger partial charge is 0.377 e. The molecule has 1 aromatic rings. The van der Waals surface area contributed by atoms with Crippen LogP contribution in [-0.2, 0) is 14.8 Å². The van der Waals surface area contributed by atoms with E-state index in [0.717, 1.165) is 18.9 Å². The van der Waals surface area contributed by atoms with Gasteiger partial charge in [-0.2, -0.15) is 0 Å². The molecule has 2 rings (SSSR count). The van der Waals surface area contributed by atoms with Gasteiger partial charge < -0.3 is 10.1 Å². The third-order valence-electron chi connectivity index (χ3n) is 3.61. The van der Waals surface area contributed by atoms with Gasteiger partial charge in [0.2, 0.25) is 10.0 Å². The van der Waals surface area contributed by atoms with E-state index < -0.39 is 14.9 Å². The minimum Gasteiger partial charge on any atom is -0.377 e. The Hall–Kier alpha value is -1.71. The zero-order chi connectivity index (χ0) is 16.3. The summed E-state index contributed by atoms with van der Waals surface area (Å²) in [6.07, 6.45) is 1.93. The molecule has 0 spiro atoms. The molecule has 0 saturated carbocycles. The molecule has 1 fully saturated rings. The molecule has 0 amide bonds. The number of benzene rings is 1. The van der Waals surface area contributed by atoms with E-state index in [4.69, 9.17) is 9.88 Å². The number of ether oxygens (including phenoxy) is 1. The lowest BCUT2D eigenvalue weighted by molar-refractivity contribution is -0.384. The Morgan fingerprint density at radius 1 is 1.45 bits per heavy atom. The fourth-order valence-corrected chi connectivity index (χ4v) is 2.84. The second kappa shape index (κ2) is 6.59. The highest BCUT2D eigenvalue weighted by Gasteiger charge is 2.22. The molecule has 2 atom stereocenters. The van der Waals surface area contributed by atoms with Gasteiger partial charge in [-0.25, -0.2) is 13.6 Å². The van der Waals surface area contributed by atoms with Crippen LogP contribution >= 0.6 is 0 Å². The van der Waals surface area contributed by atoms with Gasteiger partial charge in [-0.05, 0) is 30.9 Å². The predicted molar refractivity (Wildman–Crippen MR) is 81.1 cm³/mol. The van der Waals surface area contributed by atoms with E-state index in [1.807, 2.05) is 0 Å². The molecule has 9 heteroatoms. The lowest BCUT2D eigenvalue weighted by Gasteiger charge is -2.27. The molecule has 0 bridgehead atoms. The summed E-state index contributed by atoms with van der Waals surface area (Å²) in [6, 6.07) is 3.55. The van der Waals surface area contributed by atoms with Crippen molar-refractivity contribution in [3.63, 3.8) is 0 Å². The Labute approximate surface area is 128 Å². The number of hydrogen-bond donors (Lipinski definition) is 2. The minimum atomic E-state index is -3.97. The maximum absolute atomic E-state index is 11.3. The first-order valence-corrected chi connectivity index (χ1v) is 8.48. The van der Waals surface area contributed by atoms with Crippen LogP contribution < -0.4 is 10.5 Å². The number of hydrogen-bond acceptors (Lipinski definition) is 6. The van der Waals surface area contributed by atoms with Gasteiger partial charge in [0.15, 0.2) is 0 Å². The molecule has 1 heterocycles. The van der Waals surface area contributed by atoms with Crippen LogP contribution in [-0.4, -0.2) is 32.6 Å². The molecule has 1 aromatic carbocycles. The number of nitrogens with two attached hydrogens (primary N) is 1. The molecule has 1 aliphatic rings. The number of nitrogens with one attached hydrogen (secondary N) is 1.